The van der Waals surface area contributed by atoms with Gasteiger partial charge in [0.2, 0.25) is 10.0 Å². The third kappa shape index (κ3) is 6.22. The van der Waals surface area contributed by atoms with Gasteiger partial charge >= 0.3 is 0 Å². The van der Waals surface area contributed by atoms with E-state index in [1.807, 2.05) is 0 Å². The molecule has 2 aromatic carbocycles. The molecule has 164 valence electrons. The molecule has 1 N–H and O–H groups in total. The lowest BCUT2D eigenvalue weighted by Gasteiger charge is -2.10. The molecule has 31 heavy (non-hydrogen) atoms. The second-order valence-electron chi connectivity index (χ2n) is 6.88. The lowest BCUT2D eigenvalue weighted by atomic mass is 10.1. The van der Waals surface area contributed by atoms with Crippen LogP contribution in [-0.2, 0) is 16.6 Å². The van der Waals surface area contributed by atoms with Gasteiger partial charge in [0.05, 0.1) is 23.5 Å². The molecular formula is C22H24FN3O4S. The Labute approximate surface area is 180 Å². The Kier molecular flexibility index (Phi) is 7.54. The number of nitrogens with one attached hydrogen (secondary N) is 1. The number of unbranched alkanes of at least 4 members (excludes halogenated alkanes) is 1. The van der Waals surface area contributed by atoms with E-state index in [1.54, 1.807) is 12.1 Å². The van der Waals surface area contributed by atoms with Gasteiger partial charge in [-0.3, -0.25) is 9.36 Å². The minimum atomic E-state index is -3.72. The molecule has 0 saturated carbocycles. The Hall–Kier alpha value is -3.04. The van der Waals surface area contributed by atoms with Crippen LogP contribution in [0.2, 0.25) is 0 Å². The van der Waals surface area contributed by atoms with Crippen molar-refractivity contribution in [1.29, 1.82) is 0 Å². The van der Waals surface area contributed by atoms with Crippen LogP contribution in [0.25, 0.3) is 11.3 Å². The van der Waals surface area contributed by atoms with E-state index < -0.39 is 10.0 Å². The van der Waals surface area contributed by atoms with Crippen LogP contribution in [0.15, 0.2) is 70.6 Å². The SMILES string of the molecule is CCCCOc1ccc(S(=O)(=O)NCCn2cnc(-c3ccc(F)cc3)cc2=O)cc1. The monoisotopic (exact) mass is 445 g/mol. The third-order valence-electron chi connectivity index (χ3n) is 4.56. The number of ether oxygens (including phenoxy) is 1. The van der Waals surface area contributed by atoms with Crippen molar-refractivity contribution in [3.63, 3.8) is 0 Å². The second-order valence-corrected chi connectivity index (χ2v) is 8.65. The summed E-state index contributed by atoms with van der Waals surface area (Å²) in [5.74, 6) is 0.245. The molecule has 3 aromatic rings. The highest BCUT2D eigenvalue weighted by atomic mass is 32.2. The molecule has 0 unspecified atom stereocenters. The lowest BCUT2D eigenvalue weighted by molar-refractivity contribution is 0.309. The van der Waals surface area contributed by atoms with E-state index >= 15 is 0 Å². The highest BCUT2D eigenvalue weighted by Gasteiger charge is 2.14. The van der Waals surface area contributed by atoms with E-state index in [4.69, 9.17) is 4.74 Å². The largest absolute Gasteiger partial charge is 0.494 e. The maximum absolute atomic E-state index is 13.0. The topological polar surface area (TPSA) is 90.3 Å². The van der Waals surface area contributed by atoms with Gasteiger partial charge in [0.25, 0.3) is 5.56 Å². The highest BCUT2D eigenvalue weighted by Crippen LogP contribution is 2.17. The number of rotatable bonds is 10. The molecule has 0 aliphatic heterocycles. The molecule has 0 radical (unpaired) electrons. The molecule has 0 aliphatic rings. The molecule has 0 atom stereocenters. The van der Waals surface area contributed by atoms with Gasteiger partial charge in [0, 0.05) is 24.7 Å². The predicted molar refractivity (Wildman–Crippen MR) is 116 cm³/mol. The van der Waals surface area contributed by atoms with Gasteiger partial charge in [-0.1, -0.05) is 13.3 Å². The number of sulfonamides is 1. The van der Waals surface area contributed by atoms with Crippen molar-refractivity contribution in [2.24, 2.45) is 0 Å². The molecule has 0 fully saturated rings. The maximum Gasteiger partial charge on any atom is 0.253 e. The van der Waals surface area contributed by atoms with Gasteiger partial charge in [-0.25, -0.2) is 22.5 Å². The summed E-state index contributed by atoms with van der Waals surface area (Å²) in [6.45, 7) is 2.79. The highest BCUT2D eigenvalue weighted by molar-refractivity contribution is 7.89. The average molecular weight is 446 g/mol. The molecule has 0 aliphatic carbocycles. The first-order chi connectivity index (χ1) is 14.9. The number of hydrogen-bond acceptors (Lipinski definition) is 5. The van der Waals surface area contributed by atoms with Crippen LogP contribution in [0.4, 0.5) is 4.39 Å². The number of benzene rings is 2. The quantitative estimate of drug-likeness (QED) is 0.484. The van der Waals surface area contributed by atoms with Crippen molar-refractivity contribution in [3.05, 3.63) is 77.1 Å². The number of aromatic nitrogens is 2. The van der Waals surface area contributed by atoms with Gasteiger partial charge in [0.1, 0.15) is 11.6 Å². The summed E-state index contributed by atoms with van der Waals surface area (Å²) in [7, 11) is -3.72. The van der Waals surface area contributed by atoms with Crippen LogP contribution in [-0.4, -0.2) is 31.1 Å². The van der Waals surface area contributed by atoms with Crippen molar-refractivity contribution in [3.8, 4) is 17.0 Å². The first-order valence-corrected chi connectivity index (χ1v) is 11.4. The Morgan fingerprint density at radius 3 is 2.45 bits per heavy atom. The van der Waals surface area contributed by atoms with Gasteiger partial charge in [0.15, 0.2) is 0 Å². The van der Waals surface area contributed by atoms with E-state index in [-0.39, 0.29) is 29.4 Å². The van der Waals surface area contributed by atoms with Crippen LogP contribution in [0.1, 0.15) is 19.8 Å². The Bertz CT molecular complexity index is 1160. The van der Waals surface area contributed by atoms with Crippen LogP contribution in [0, 0.1) is 5.82 Å². The molecule has 0 amide bonds. The van der Waals surface area contributed by atoms with Gasteiger partial charge < -0.3 is 4.74 Å². The van der Waals surface area contributed by atoms with Crippen molar-refractivity contribution in [2.45, 2.75) is 31.2 Å². The van der Waals surface area contributed by atoms with E-state index in [1.165, 1.54) is 53.4 Å². The summed E-state index contributed by atoms with van der Waals surface area (Å²) in [5, 5.41) is 0. The summed E-state index contributed by atoms with van der Waals surface area (Å²) < 4.78 is 47.3. The zero-order valence-corrected chi connectivity index (χ0v) is 17.9. The fourth-order valence-electron chi connectivity index (χ4n) is 2.81. The predicted octanol–water partition coefficient (Wildman–Crippen LogP) is 3.21. The number of halogens is 1. The molecule has 0 saturated heterocycles. The Balaban J connectivity index is 1.58. The van der Waals surface area contributed by atoms with Crippen LogP contribution in [0.5, 0.6) is 5.75 Å². The fourth-order valence-corrected chi connectivity index (χ4v) is 3.83. The van der Waals surface area contributed by atoms with Crippen molar-refractivity contribution in [1.82, 2.24) is 14.3 Å². The summed E-state index contributed by atoms with van der Waals surface area (Å²) in [6.07, 6.45) is 3.29. The standard InChI is InChI=1S/C22H24FN3O4S/c1-2-3-14-30-19-8-10-20(11-9-19)31(28,29)25-12-13-26-16-24-21(15-22(26)27)17-4-6-18(23)7-5-17/h4-11,15-16,25H,2-3,12-14H2,1H3. The van der Waals surface area contributed by atoms with Crippen molar-refractivity contribution >= 4 is 10.0 Å². The smallest absolute Gasteiger partial charge is 0.253 e. The van der Waals surface area contributed by atoms with Gasteiger partial charge in [-0.15, -0.1) is 0 Å². The number of nitrogens with zero attached hydrogens (tertiary/aromatic N) is 2. The van der Waals surface area contributed by atoms with Crippen molar-refractivity contribution in [2.75, 3.05) is 13.2 Å². The van der Waals surface area contributed by atoms with Crippen LogP contribution >= 0.6 is 0 Å². The second kappa shape index (κ2) is 10.3. The van der Waals surface area contributed by atoms with E-state index in [2.05, 4.69) is 16.6 Å². The Morgan fingerprint density at radius 1 is 1.10 bits per heavy atom. The summed E-state index contributed by atoms with van der Waals surface area (Å²) in [4.78, 5) is 16.6. The third-order valence-corrected chi connectivity index (χ3v) is 6.04. The summed E-state index contributed by atoms with van der Waals surface area (Å²) >= 11 is 0. The Morgan fingerprint density at radius 2 is 1.81 bits per heavy atom. The molecule has 1 aromatic heterocycles. The zero-order valence-electron chi connectivity index (χ0n) is 17.1. The van der Waals surface area contributed by atoms with Crippen molar-refractivity contribution < 1.29 is 17.5 Å². The molecule has 7 nitrogen and oxygen atoms in total. The number of hydrogen-bond donors (Lipinski definition) is 1. The minimum Gasteiger partial charge on any atom is -0.494 e. The van der Waals surface area contributed by atoms with E-state index in [9.17, 15) is 17.6 Å². The van der Waals surface area contributed by atoms with E-state index in [0.29, 0.717) is 23.6 Å². The summed E-state index contributed by atoms with van der Waals surface area (Å²) in [6, 6.07) is 13.2. The fraction of sp³-hybridized carbons (Fsp3) is 0.273. The van der Waals surface area contributed by atoms with Gasteiger partial charge in [-0.2, -0.15) is 0 Å². The van der Waals surface area contributed by atoms with E-state index in [0.717, 1.165) is 12.8 Å². The first kappa shape index (κ1) is 22.6. The van der Waals surface area contributed by atoms with Crippen LogP contribution in [0.3, 0.4) is 0 Å². The molecule has 1 heterocycles. The molecule has 0 bridgehead atoms. The average Bonchev–Trinajstić information content (AvgIpc) is 2.76. The normalized spacial score (nSPS) is 11.4. The first-order valence-electron chi connectivity index (χ1n) is 9.94. The maximum atomic E-state index is 13.0. The molecule has 9 heteroatoms. The van der Waals surface area contributed by atoms with Crippen LogP contribution < -0.4 is 15.0 Å². The lowest BCUT2D eigenvalue weighted by Crippen LogP contribution is -2.30. The molecular weight excluding hydrogens is 421 g/mol. The minimum absolute atomic E-state index is 0.0224. The van der Waals surface area contributed by atoms with Gasteiger partial charge in [-0.05, 0) is 55.0 Å². The summed E-state index contributed by atoms with van der Waals surface area (Å²) in [5.41, 5.74) is 0.707. The zero-order chi connectivity index (χ0) is 22.3. The molecule has 0 spiro atoms. The molecule has 3 rings (SSSR count).